The number of rotatable bonds is 1. The third-order valence-corrected chi connectivity index (χ3v) is 2.61. The highest BCUT2D eigenvalue weighted by Crippen LogP contribution is 2.29. The molecule has 4 nitrogen and oxygen atoms in total. The van der Waals surface area contributed by atoms with Gasteiger partial charge in [0.05, 0.1) is 11.3 Å². The molecule has 0 aliphatic carbocycles. The summed E-state index contributed by atoms with van der Waals surface area (Å²) in [5.41, 5.74) is 3.21. The molecule has 0 atom stereocenters. The molecule has 1 heterocycles. The molecule has 0 fully saturated rings. The molecule has 0 radical (unpaired) electrons. The average molecular weight is 281 g/mol. The lowest BCUT2D eigenvalue weighted by molar-refractivity contribution is 0.636. The van der Waals surface area contributed by atoms with Crippen molar-refractivity contribution >= 4 is 32.5 Å². The second kappa shape index (κ2) is 4.04. The molecule has 0 saturated carbocycles. The number of nitrogen functional groups attached to an aromatic ring is 1. The number of pyridine rings is 1. The minimum atomic E-state index is -0.467. The van der Waals surface area contributed by atoms with E-state index in [4.69, 9.17) is 11.1 Å². The lowest BCUT2D eigenvalue weighted by Gasteiger charge is -2.08. The molecule has 80 valence electrons. The number of hydrogen-bond acceptors (Lipinski definition) is 4. The van der Waals surface area contributed by atoms with Crippen LogP contribution >= 0.6 is 15.9 Å². The highest BCUT2D eigenvalue weighted by atomic mass is 79.9. The first-order valence-corrected chi connectivity index (χ1v) is 5.11. The molecule has 0 spiro atoms. The number of benzene rings is 1. The minimum absolute atomic E-state index is 0.176. The molecular formula is C10H6BrFN4. The third kappa shape index (κ3) is 1.60. The van der Waals surface area contributed by atoms with E-state index in [1.807, 2.05) is 6.07 Å². The zero-order valence-electron chi connectivity index (χ0n) is 7.96. The molecule has 2 aromatic rings. The molecule has 0 bridgehead atoms. The van der Waals surface area contributed by atoms with Gasteiger partial charge in [0.25, 0.3) is 0 Å². The molecule has 1 aromatic carbocycles. The number of halogens is 2. The van der Waals surface area contributed by atoms with Crippen LogP contribution in [0.1, 0.15) is 5.56 Å². The molecule has 0 saturated heterocycles. The normalized spacial score (nSPS) is 10.1. The first-order chi connectivity index (χ1) is 7.67. The van der Waals surface area contributed by atoms with E-state index in [0.29, 0.717) is 15.5 Å². The van der Waals surface area contributed by atoms with Crippen LogP contribution in [0.2, 0.25) is 0 Å². The smallest absolute Gasteiger partial charge is 0.150 e. The number of hydrogen-bond donors (Lipinski definition) is 2. The maximum Gasteiger partial charge on any atom is 0.150 e. The van der Waals surface area contributed by atoms with Gasteiger partial charge in [-0.2, -0.15) is 5.26 Å². The van der Waals surface area contributed by atoms with Crippen molar-refractivity contribution in [2.75, 3.05) is 5.43 Å². The summed E-state index contributed by atoms with van der Waals surface area (Å²) in [5, 5.41) is 9.32. The monoisotopic (exact) mass is 280 g/mol. The van der Waals surface area contributed by atoms with Gasteiger partial charge in [0.2, 0.25) is 0 Å². The highest BCUT2D eigenvalue weighted by molar-refractivity contribution is 9.10. The number of nitriles is 1. The number of nitrogens with one attached hydrogen (secondary N) is 1. The number of fused-ring (bicyclic) bond motifs is 1. The number of hydrazine groups is 1. The predicted molar refractivity (Wildman–Crippen MR) is 61.9 cm³/mol. The summed E-state index contributed by atoms with van der Waals surface area (Å²) in [5.74, 6) is 4.86. The number of aromatic nitrogens is 1. The van der Waals surface area contributed by atoms with Gasteiger partial charge in [-0.25, -0.2) is 4.39 Å². The highest BCUT2D eigenvalue weighted by Gasteiger charge is 2.11. The van der Waals surface area contributed by atoms with Crippen molar-refractivity contribution < 1.29 is 4.39 Å². The van der Waals surface area contributed by atoms with Gasteiger partial charge < -0.3 is 5.43 Å². The lowest BCUT2D eigenvalue weighted by Crippen LogP contribution is -2.09. The van der Waals surface area contributed by atoms with Crippen molar-refractivity contribution in [2.45, 2.75) is 0 Å². The summed E-state index contributed by atoms with van der Waals surface area (Å²) >= 11 is 3.17. The fourth-order valence-electron chi connectivity index (χ4n) is 1.47. The number of nitrogens with two attached hydrogens (primary N) is 1. The summed E-state index contributed by atoms with van der Waals surface area (Å²) in [6, 6.07) is 4.90. The van der Waals surface area contributed by atoms with Gasteiger partial charge in [0.1, 0.15) is 11.6 Å². The molecule has 3 N–H and O–H groups in total. The van der Waals surface area contributed by atoms with E-state index in [-0.39, 0.29) is 11.1 Å². The summed E-state index contributed by atoms with van der Waals surface area (Å²) < 4.78 is 14.1. The maximum atomic E-state index is 13.6. The van der Waals surface area contributed by atoms with Crippen molar-refractivity contribution in [1.82, 2.24) is 4.98 Å². The quantitative estimate of drug-likeness (QED) is 0.621. The van der Waals surface area contributed by atoms with Gasteiger partial charge in [0.15, 0.2) is 5.82 Å². The standard InChI is InChI=1S/C10H6BrFN4/c11-6-1-7-9(16-14)5(3-13)4-15-10(7)8(12)2-6/h1-2,4H,14H2,(H,15,16). The van der Waals surface area contributed by atoms with E-state index in [1.165, 1.54) is 12.3 Å². The van der Waals surface area contributed by atoms with Crippen molar-refractivity contribution in [1.29, 1.82) is 5.26 Å². The van der Waals surface area contributed by atoms with E-state index in [0.717, 1.165) is 0 Å². The fraction of sp³-hybridized carbons (Fsp3) is 0. The van der Waals surface area contributed by atoms with E-state index >= 15 is 0 Å². The second-order valence-corrected chi connectivity index (χ2v) is 4.00. The summed E-state index contributed by atoms with van der Waals surface area (Å²) in [6.45, 7) is 0. The molecule has 0 amide bonds. The fourth-order valence-corrected chi connectivity index (χ4v) is 1.90. The Labute approximate surface area is 99.0 Å². The Morgan fingerprint density at radius 1 is 1.50 bits per heavy atom. The van der Waals surface area contributed by atoms with Crippen LogP contribution < -0.4 is 11.3 Å². The molecular weight excluding hydrogens is 275 g/mol. The zero-order chi connectivity index (χ0) is 11.7. The summed E-state index contributed by atoms with van der Waals surface area (Å²) in [4.78, 5) is 3.89. The van der Waals surface area contributed by atoms with E-state index in [1.54, 1.807) is 6.07 Å². The van der Waals surface area contributed by atoms with Crippen LogP contribution in [0.15, 0.2) is 22.8 Å². The van der Waals surface area contributed by atoms with Gasteiger partial charge >= 0.3 is 0 Å². The van der Waals surface area contributed by atoms with Gasteiger partial charge in [-0.1, -0.05) is 15.9 Å². The largest absolute Gasteiger partial charge is 0.322 e. The lowest BCUT2D eigenvalue weighted by atomic mass is 10.1. The first-order valence-electron chi connectivity index (χ1n) is 4.32. The average Bonchev–Trinajstić information content (AvgIpc) is 2.27. The van der Waals surface area contributed by atoms with Crippen molar-refractivity contribution in [3.63, 3.8) is 0 Å². The van der Waals surface area contributed by atoms with Crippen molar-refractivity contribution in [3.8, 4) is 6.07 Å². The SMILES string of the molecule is N#Cc1cnc2c(F)cc(Br)cc2c1NN. The van der Waals surface area contributed by atoms with Gasteiger partial charge in [0, 0.05) is 16.1 Å². The van der Waals surface area contributed by atoms with E-state index < -0.39 is 5.82 Å². The number of anilines is 1. The maximum absolute atomic E-state index is 13.6. The molecule has 16 heavy (non-hydrogen) atoms. The molecule has 6 heteroatoms. The second-order valence-electron chi connectivity index (χ2n) is 3.09. The predicted octanol–water partition coefficient (Wildman–Crippen LogP) is 2.29. The van der Waals surface area contributed by atoms with E-state index in [2.05, 4.69) is 26.3 Å². The zero-order valence-corrected chi connectivity index (χ0v) is 9.55. The third-order valence-electron chi connectivity index (χ3n) is 2.15. The molecule has 0 unspecified atom stereocenters. The summed E-state index contributed by atoms with van der Waals surface area (Å²) in [6.07, 6.45) is 1.29. The van der Waals surface area contributed by atoms with Crippen LogP contribution in [0.3, 0.4) is 0 Å². The topological polar surface area (TPSA) is 74.7 Å². The van der Waals surface area contributed by atoms with Gasteiger partial charge in [-0.3, -0.25) is 10.8 Å². The number of nitrogens with zero attached hydrogens (tertiary/aromatic N) is 2. The molecule has 2 rings (SSSR count). The molecule has 0 aliphatic rings. The van der Waals surface area contributed by atoms with Crippen LogP contribution in [0.5, 0.6) is 0 Å². The van der Waals surface area contributed by atoms with E-state index in [9.17, 15) is 4.39 Å². The van der Waals surface area contributed by atoms with Crippen molar-refractivity contribution in [2.24, 2.45) is 5.84 Å². The molecule has 1 aromatic heterocycles. The Kier molecular flexibility index (Phi) is 2.73. The Bertz CT molecular complexity index is 606. The van der Waals surface area contributed by atoms with Gasteiger partial charge in [-0.05, 0) is 12.1 Å². The Balaban J connectivity index is 2.93. The first kappa shape index (κ1) is 10.8. The van der Waals surface area contributed by atoms with Crippen LogP contribution in [0.25, 0.3) is 10.9 Å². The Hall–Kier alpha value is -1.71. The van der Waals surface area contributed by atoms with Crippen LogP contribution in [-0.2, 0) is 0 Å². The Morgan fingerprint density at radius 3 is 2.88 bits per heavy atom. The van der Waals surface area contributed by atoms with Crippen LogP contribution in [-0.4, -0.2) is 4.98 Å². The van der Waals surface area contributed by atoms with Crippen molar-refractivity contribution in [3.05, 3.63) is 34.2 Å². The van der Waals surface area contributed by atoms with Gasteiger partial charge in [-0.15, -0.1) is 0 Å². The minimum Gasteiger partial charge on any atom is -0.322 e. The van der Waals surface area contributed by atoms with Crippen LogP contribution in [0, 0.1) is 17.1 Å². The summed E-state index contributed by atoms with van der Waals surface area (Å²) in [7, 11) is 0. The molecule has 0 aliphatic heterocycles. The Morgan fingerprint density at radius 2 is 2.25 bits per heavy atom. The van der Waals surface area contributed by atoms with Crippen LogP contribution in [0.4, 0.5) is 10.1 Å².